The summed E-state index contributed by atoms with van der Waals surface area (Å²) in [5, 5.41) is 3.76. The van der Waals surface area contributed by atoms with Crippen LogP contribution < -0.4 is 0 Å². The van der Waals surface area contributed by atoms with Crippen LogP contribution in [0.3, 0.4) is 0 Å². The van der Waals surface area contributed by atoms with Gasteiger partial charge in [-0.3, -0.25) is 0 Å². The summed E-state index contributed by atoms with van der Waals surface area (Å²) in [5.41, 5.74) is 1.49. The zero-order chi connectivity index (χ0) is 12.5. The van der Waals surface area contributed by atoms with Crippen LogP contribution in [0.2, 0.25) is 0 Å². The third-order valence-corrected chi connectivity index (χ3v) is 7.15. The van der Waals surface area contributed by atoms with E-state index in [9.17, 15) is 0 Å². The second-order valence-corrected chi connectivity index (χ2v) is 7.83. The van der Waals surface area contributed by atoms with Gasteiger partial charge in [-0.25, -0.2) is 0 Å². The van der Waals surface area contributed by atoms with Gasteiger partial charge in [0.05, 0.1) is 0 Å². The van der Waals surface area contributed by atoms with Crippen LogP contribution in [0.25, 0.3) is 10.1 Å². The van der Waals surface area contributed by atoms with E-state index in [2.05, 4.69) is 55.4 Å². The van der Waals surface area contributed by atoms with E-state index in [1.54, 1.807) is 0 Å². The van der Waals surface area contributed by atoms with E-state index in [-0.39, 0.29) is 0 Å². The smallest absolute Gasteiger partial charge is 0.0488 e. The Balaban J connectivity index is 1.96. The molecule has 0 amide bonds. The predicted molar refractivity (Wildman–Crippen MR) is 87.8 cm³/mol. The molecule has 0 radical (unpaired) electrons. The van der Waals surface area contributed by atoms with Crippen LogP contribution in [0.1, 0.15) is 42.5 Å². The van der Waals surface area contributed by atoms with E-state index in [1.807, 2.05) is 11.3 Å². The summed E-state index contributed by atoms with van der Waals surface area (Å²) in [6.45, 7) is 0. The van der Waals surface area contributed by atoms with Crippen LogP contribution in [-0.2, 0) is 0 Å². The normalized spacial score (nSPS) is 19.2. The minimum Gasteiger partial charge on any atom is -0.142 e. The van der Waals surface area contributed by atoms with E-state index >= 15 is 0 Å². The fraction of sp³-hybridized carbons (Fsp3) is 0.467. The number of rotatable bonds is 2. The molecule has 1 atom stereocenters. The highest BCUT2D eigenvalue weighted by molar-refractivity contribution is 9.10. The Hall–Kier alpha value is 0.140. The van der Waals surface area contributed by atoms with Crippen molar-refractivity contribution in [3.63, 3.8) is 0 Å². The molecule has 1 unspecified atom stereocenters. The first kappa shape index (κ1) is 13.1. The lowest BCUT2D eigenvalue weighted by molar-refractivity contribution is 0.355. The summed E-state index contributed by atoms with van der Waals surface area (Å²) < 4.78 is 2.60. The number of alkyl halides is 1. The maximum Gasteiger partial charge on any atom is 0.0488 e. The Morgan fingerprint density at radius 1 is 1.17 bits per heavy atom. The average Bonchev–Trinajstić information content (AvgIpc) is 2.84. The number of benzene rings is 1. The highest BCUT2D eigenvalue weighted by atomic mass is 79.9. The molecule has 1 aromatic carbocycles. The summed E-state index contributed by atoms with van der Waals surface area (Å²) in [5.74, 6) is 0.815. The van der Waals surface area contributed by atoms with Gasteiger partial charge in [0.15, 0.2) is 0 Å². The Kier molecular flexibility index (Phi) is 4.12. The maximum absolute atomic E-state index is 3.96. The van der Waals surface area contributed by atoms with E-state index in [4.69, 9.17) is 0 Å². The van der Waals surface area contributed by atoms with Gasteiger partial charge in [0.25, 0.3) is 0 Å². The van der Waals surface area contributed by atoms with E-state index in [0.717, 1.165) is 5.92 Å². The molecule has 1 heterocycles. The Labute approximate surface area is 129 Å². The third kappa shape index (κ3) is 2.41. The number of halogens is 2. The Morgan fingerprint density at radius 2 is 1.94 bits per heavy atom. The topological polar surface area (TPSA) is 0 Å². The molecular weight excluding hydrogens is 372 g/mol. The molecule has 1 aliphatic carbocycles. The highest BCUT2D eigenvalue weighted by Crippen LogP contribution is 2.45. The standard InChI is InChI=1S/C15H16Br2S/c16-13-8-4-7-11-12(9-18-15(11)13)14(17)10-5-2-1-3-6-10/h4,7-10,14H,1-3,5-6H2. The molecular formula is C15H16Br2S. The van der Waals surface area contributed by atoms with Gasteiger partial charge in [-0.15, -0.1) is 11.3 Å². The van der Waals surface area contributed by atoms with Gasteiger partial charge >= 0.3 is 0 Å². The first-order chi connectivity index (χ1) is 8.77. The fourth-order valence-corrected chi connectivity index (χ4v) is 5.68. The molecule has 0 saturated heterocycles. The SMILES string of the molecule is Brc1cccc2c(C(Br)C3CCCCC3)csc12. The molecule has 0 spiro atoms. The van der Waals surface area contributed by atoms with Crippen molar-refractivity contribution in [3.8, 4) is 0 Å². The van der Waals surface area contributed by atoms with Crippen LogP contribution in [0, 0.1) is 5.92 Å². The van der Waals surface area contributed by atoms with Crippen LogP contribution in [0.15, 0.2) is 28.1 Å². The van der Waals surface area contributed by atoms with Crippen molar-refractivity contribution in [2.24, 2.45) is 5.92 Å². The lowest BCUT2D eigenvalue weighted by Crippen LogP contribution is -2.11. The first-order valence-corrected chi connectivity index (χ1v) is 9.16. The van der Waals surface area contributed by atoms with Crippen molar-refractivity contribution >= 4 is 53.3 Å². The van der Waals surface area contributed by atoms with Crippen LogP contribution >= 0.6 is 43.2 Å². The Bertz CT molecular complexity index is 540. The molecule has 0 nitrogen and oxygen atoms in total. The molecule has 1 fully saturated rings. The van der Waals surface area contributed by atoms with Gasteiger partial charge in [-0.05, 0) is 57.1 Å². The maximum atomic E-state index is 3.96. The van der Waals surface area contributed by atoms with Gasteiger partial charge in [0, 0.05) is 14.0 Å². The molecule has 1 saturated carbocycles. The first-order valence-electron chi connectivity index (χ1n) is 6.57. The van der Waals surface area contributed by atoms with Crippen molar-refractivity contribution in [2.75, 3.05) is 0 Å². The number of fused-ring (bicyclic) bond motifs is 1. The van der Waals surface area contributed by atoms with Crippen molar-refractivity contribution in [3.05, 3.63) is 33.6 Å². The number of thiophene rings is 1. The van der Waals surface area contributed by atoms with Gasteiger partial charge < -0.3 is 0 Å². The molecule has 0 aliphatic heterocycles. The predicted octanol–water partition coefficient (Wildman–Crippen LogP) is 6.68. The molecule has 1 aromatic heterocycles. The van der Waals surface area contributed by atoms with Crippen LogP contribution in [0.4, 0.5) is 0 Å². The number of hydrogen-bond donors (Lipinski definition) is 0. The van der Waals surface area contributed by atoms with Crippen LogP contribution in [0.5, 0.6) is 0 Å². The minimum absolute atomic E-state index is 0.529. The summed E-state index contributed by atoms with van der Waals surface area (Å²) in [6, 6.07) is 6.53. The quantitative estimate of drug-likeness (QED) is 0.504. The summed E-state index contributed by atoms with van der Waals surface area (Å²) >= 11 is 9.47. The summed E-state index contributed by atoms with van der Waals surface area (Å²) in [7, 11) is 0. The van der Waals surface area contributed by atoms with Gasteiger partial charge in [0.1, 0.15) is 0 Å². The average molecular weight is 388 g/mol. The minimum atomic E-state index is 0.529. The molecule has 2 aromatic rings. The van der Waals surface area contributed by atoms with Crippen LogP contribution in [-0.4, -0.2) is 0 Å². The molecule has 18 heavy (non-hydrogen) atoms. The van der Waals surface area contributed by atoms with E-state index < -0.39 is 0 Å². The largest absolute Gasteiger partial charge is 0.142 e. The lowest BCUT2D eigenvalue weighted by Gasteiger charge is -2.26. The van der Waals surface area contributed by atoms with Gasteiger partial charge in [0.2, 0.25) is 0 Å². The number of hydrogen-bond acceptors (Lipinski definition) is 1. The molecule has 1 aliphatic rings. The fourth-order valence-electron chi connectivity index (χ4n) is 2.94. The summed E-state index contributed by atoms with van der Waals surface area (Å²) in [4.78, 5) is 0.529. The second kappa shape index (κ2) is 5.64. The monoisotopic (exact) mass is 386 g/mol. The molecule has 96 valence electrons. The molecule has 3 heteroatoms. The zero-order valence-electron chi connectivity index (χ0n) is 10.2. The third-order valence-electron chi connectivity index (χ3n) is 3.94. The van der Waals surface area contributed by atoms with Gasteiger partial charge in [-0.2, -0.15) is 0 Å². The zero-order valence-corrected chi connectivity index (χ0v) is 14.2. The Morgan fingerprint density at radius 3 is 2.72 bits per heavy atom. The van der Waals surface area contributed by atoms with Crippen molar-refractivity contribution < 1.29 is 0 Å². The molecule has 0 bridgehead atoms. The molecule has 0 N–H and O–H groups in total. The lowest BCUT2D eigenvalue weighted by atomic mass is 9.85. The second-order valence-electron chi connectivity index (χ2n) is 5.11. The van der Waals surface area contributed by atoms with Crippen molar-refractivity contribution in [1.29, 1.82) is 0 Å². The highest BCUT2D eigenvalue weighted by Gasteiger charge is 2.25. The van der Waals surface area contributed by atoms with Gasteiger partial charge in [-0.1, -0.05) is 47.3 Å². The van der Waals surface area contributed by atoms with E-state index in [0.29, 0.717) is 4.83 Å². The molecule has 3 rings (SSSR count). The summed E-state index contributed by atoms with van der Waals surface area (Å²) in [6.07, 6.45) is 6.98. The van der Waals surface area contributed by atoms with Crippen molar-refractivity contribution in [2.45, 2.75) is 36.9 Å². The van der Waals surface area contributed by atoms with Crippen molar-refractivity contribution in [1.82, 2.24) is 0 Å². The van der Waals surface area contributed by atoms with E-state index in [1.165, 1.54) is 52.2 Å².